The maximum atomic E-state index is 12.5. The third-order valence-electron chi connectivity index (χ3n) is 4.00. The highest BCUT2D eigenvalue weighted by atomic mass is 16.5. The van der Waals surface area contributed by atoms with Gasteiger partial charge in [0, 0.05) is 23.1 Å². The molecule has 1 heterocycles. The number of rotatable bonds is 6. The minimum absolute atomic E-state index is 0.216. The number of aryl methyl sites for hydroxylation is 1. The molecule has 6 nitrogen and oxygen atoms in total. The summed E-state index contributed by atoms with van der Waals surface area (Å²) in [6, 6.07) is 17.8. The highest BCUT2D eigenvalue weighted by Gasteiger charge is 2.09. The van der Waals surface area contributed by atoms with E-state index in [1.54, 1.807) is 49.5 Å². The summed E-state index contributed by atoms with van der Waals surface area (Å²) < 4.78 is 4.97. The number of hydrogen-bond donors (Lipinski definition) is 2. The number of amides is 1. The predicted octanol–water partition coefficient (Wildman–Crippen LogP) is 4.56. The van der Waals surface area contributed by atoms with Gasteiger partial charge in [-0.3, -0.25) is 4.79 Å². The van der Waals surface area contributed by atoms with Crippen molar-refractivity contribution >= 4 is 29.1 Å². The largest absolute Gasteiger partial charge is 0.462 e. The van der Waals surface area contributed by atoms with Crippen molar-refractivity contribution < 1.29 is 14.3 Å². The molecule has 0 saturated heterocycles. The van der Waals surface area contributed by atoms with Gasteiger partial charge in [-0.15, -0.1) is 0 Å². The monoisotopic (exact) mass is 375 g/mol. The van der Waals surface area contributed by atoms with Crippen molar-refractivity contribution in [3.63, 3.8) is 0 Å². The molecule has 0 atom stereocenters. The third-order valence-corrected chi connectivity index (χ3v) is 4.00. The van der Waals surface area contributed by atoms with E-state index in [1.807, 2.05) is 31.2 Å². The lowest BCUT2D eigenvalue weighted by atomic mass is 10.2. The van der Waals surface area contributed by atoms with Crippen molar-refractivity contribution in [1.82, 2.24) is 4.98 Å². The molecule has 28 heavy (non-hydrogen) atoms. The Morgan fingerprint density at radius 1 is 0.929 bits per heavy atom. The number of hydrogen-bond acceptors (Lipinski definition) is 5. The SMILES string of the molecule is CCOC(=O)c1ccc(Nc2cc(C(=O)Nc3ccc(C)cc3)ccn2)cc1. The van der Waals surface area contributed by atoms with E-state index in [9.17, 15) is 9.59 Å². The van der Waals surface area contributed by atoms with E-state index in [2.05, 4.69) is 15.6 Å². The zero-order valence-corrected chi connectivity index (χ0v) is 15.7. The van der Waals surface area contributed by atoms with Crippen LogP contribution < -0.4 is 10.6 Å². The molecule has 2 N–H and O–H groups in total. The molecular weight excluding hydrogens is 354 g/mol. The van der Waals surface area contributed by atoms with Gasteiger partial charge in [-0.1, -0.05) is 17.7 Å². The first-order valence-electron chi connectivity index (χ1n) is 8.93. The maximum absolute atomic E-state index is 12.5. The molecule has 0 saturated carbocycles. The number of aromatic nitrogens is 1. The van der Waals surface area contributed by atoms with Crippen LogP contribution in [0.3, 0.4) is 0 Å². The lowest BCUT2D eigenvalue weighted by molar-refractivity contribution is 0.0526. The molecule has 3 rings (SSSR count). The van der Waals surface area contributed by atoms with E-state index in [-0.39, 0.29) is 11.9 Å². The molecule has 0 radical (unpaired) electrons. The van der Waals surface area contributed by atoms with Crippen LogP contribution in [0.4, 0.5) is 17.2 Å². The van der Waals surface area contributed by atoms with Crippen LogP contribution in [-0.4, -0.2) is 23.5 Å². The van der Waals surface area contributed by atoms with Crippen molar-refractivity contribution in [2.45, 2.75) is 13.8 Å². The molecule has 3 aromatic rings. The summed E-state index contributed by atoms with van der Waals surface area (Å²) in [5.41, 5.74) is 3.57. The van der Waals surface area contributed by atoms with E-state index in [1.165, 1.54) is 0 Å². The Balaban J connectivity index is 1.68. The standard InChI is InChI=1S/C22H21N3O3/c1-3-28-22(27)16-6-10-18(11-7-16)24-20-14-17(12-13-23-20)21(26)25-19-8-4-15(2)5-9-19/h4-14H,3H2,1-2H3,(H,23,24)(H,25,26). The number of carbonyl (C=O) groups excluding carboxylic acids is 2. The maximum Gasteiger partial charge on any atom is 0.338 e. The van der Waals surface area contributed by atoms with Crippen LogP contribution in [0.5, 0.6) is 0 Å². The highest BCUT2D eigenvalue weighted by molar-refractivity contribution is 6.04. The van der Waals surface area contributed by atoms with Crippen molar-refractivity contribution in [2.75, 3.05) is 17.2 Å². The minimum atomic E-state index is -0.359. The summed E-state index contributed by atoms with van der Waals surface area (Å²) in [4.78, 5) is 28.4. The average molecular weight is 375 g/mol. The van der Waals surface area contributed by atoms with E-state index in [0.29, 0.717) is 23.6 Å². The first-order valence-corrected chi connectivity index (χ1v) is 8.93. The molecule has 1 aromatic heterocycles. The van der Waals surface area contributed by atoms with Crippen molar-refractivity contribution in [2.24, 2.45) is 0 Å². The van der Waals surface area contributed by atoms with Gasteiger partial charge in [-0.05, 0) is 62.4 Å². The summed E-state index contributed by atoms with van der Waals surface area (Å²) in [5, 5.41) is 5.99. The molecule has 0 unspecified atom stereocenters. The zero-order valence-electron chi connectivity index (χ0n) is 15.7. The molecule has 0 fully saturated rings. The smallest absolute Gasteiger partial charge is 0.338 e. The Morgan fingerprint density at radius 3 is 2.29 bits per heavy atom. The fraction of sp³-hybridized carbons (Fsp3) is 0.136. The van der Waals surface area contributed by atoms with Crippen LogP contribution in [0, 0.1) is 6.92 Å². The van der Waals surface area contributed by atoms with Gasteiger partial charge in [0.1, 0.15) is 5.82 Å². The number of esters is 1. The van der Waals surface area contributed by atoms with Crippen molar-refractivity contribution in [1.29, 1.82) is 0 Å². The first-order chi connectivity index (χ1) is 13.5. The molecule has 1 amide bonds. The predicted molar refractivity (Wildman–Crippen MR) is 109 cm³/mol. The van der Waals surface area contributed by atoms with Crippen molar-refractivity contribution in [3.8, 4) is 0 Å². The second-order valence-electron chi connectivity index (χ2n) is 6.17. The van der Waals surface area contributed by atoms with Gasteiger partial charge in [0.15, 0.2) is 0 Å². The molecule has 0 aliphatic carbocycles. The Hall–Kier alpha value is -3.67. The number of nitrogens with one attached hydrogen (secondary N) is 2. The number of ether oxygens (including phenoxy) is 1. The molecule has 6 heteroatoms. The Kier molecular flexibility index (Phi) is 6.01. The van der Waals surface area contributed by atoms with Gasteiger partial charge in [-0.2, -0.15) is 0 Å². The molecule has 2 aromatic carbocycles. The van der Waals surface area contributed by atoms with Gasteiger partial charge in [0.2, 0.25) is 0 Å². The topological polar surface area (TPSA) is 80.3 Å². The fourth-order valence-corrected chi connectivity index (χ4v) is 2.53. The number of nitrogens with zero attached hydrogens (tertiary/aromatic N) is 1. The van der Waals surface area contributed by atoms with Crippen LogP contribution in [0.25, 0.3) is 0 Å². The fourth-order valence-electron chi connectivity index (χ4n) is 2.53. The minimum Gasteiger partial charge on any atom is -0.462 e. The van der Waals surface area contributed by atoms with E-state index < -0.39 is 0 Å². The van der Waals surface area contributed by atoms with Crippen LogP contribution >= 0.6 is 0 Å². The van der Waals surface area contributed by atoms with Crippen LogP contribution in [0.15, 0.2) is 66.9 Å². The highest BCUT2D eigenvalue weighted by Crippen LogP contribution is 2.18. The number of benzene rings is 2. The lowest BCUT2D eigenvalue weighted by Gasteiger charge is -2.09. The van der Waals surface area contributed by atoms with Gasteiger partial charge >= 0.3 is 5.97 Å². The normalized spacial score (nSPS) is 10.2. The summed E-state index contributed by atoms with van der Waals surface area (Å²) in [5.74, 6) is -0.0469. The first kappa shape index (κ1) is 19.1. The molecule has 0 aliphatic rings. The van der Waals surface area contributed by atoms with Crippen LogP contribution in [0.2, 0.25) is 0 Å². The number of anilines is 3. The molecule has 0 aliphatic heterocycles. The average Bonchev–Trinajstić information content (AvgIpc) is 2.70. The third kappa shape index (κ3) is 4.94. The Labute approximate surface area is 163 Å². The molecule has 142 valence electrons. The van der Waals surface area contributed by atoms with Gasteiger partial charge in [0.05, 0.1) is 12.2 Å². The molecule has 0 spiro atoms. The Morgan fingerprint density at radius 2 is 1.61 bits per heavy atom. The van der Waals surface area contributed by atoms with Gasteiger partial charge in [0.25, 0.3) is 5.91 Å². The number of pyridine rings is 1. The second-order valence-corrected chi connectivity index (χ2v) is 6.17. The Bertz CT molecular complexity index is 967. The molecular formula is C22H21N3O3. The zero-order chi connectivity index (χ0) is 19.9. The molecule has 0 bridgehead atoms. The van der Waals surface area contributed by atoms with E-state index >= 15 is 0 Å². The van der Waals surface area contributed by atoms with E-state index in [0.717, 1.165) is 16.9 Å². The van der Waals surface area contributed by atoms with Gasteiger partial charge < -0.3 is 15.4 Å². The second kappa shape index (κ2) is 8.81. The van der Waals surface area contributed by atoms with Gasteiger partial charge in [-0.25, -0.2) is 9.78 Å². The number of carbonyl (C=O) groups is 2. The van der Waals surface area contributed by atoms with Crippen LogP contribution in [0.1, 0.15) is 33.2 Å². The van der Waals surface area contributed by atoms with Crippen LogP contribution in [-0.2, 0) is 4.74 Å². The lowest BCUT2D eigenvalue weighted by Crippen LogP contribution is -2.12. The van der Waals surface area contributed by atoms with Crippen molar-refractivity contribution in [3.05, 3.63) is 83.6 Å². The summed E-state index contributed by atoms with van der Waals surface area (Å²) in [7, 11) is 0. The quantitative estimate of drug-likeness (QED) is 0.617. The van der Waals surface area contributed by atoms with E-state index in [4.69, 9.17) is 4.74 Å². The summed E-state index contributed by atoms with van der Waals surface area (Å²) in [6.45, 7) is 4.09. The summed E-state index contributed by atoms with van der Waals surface area (Å²) >= 11 is 0. The summed E-state index contributed by atoms with van der Waals surface area (Å²) in [6.07, 6.45) is 1.57.